The van der Waals surface area contributed by atoms with Gasteiger partial charge >= 0.3 is 0 Å². The van der Waals surface area contributed by atoms with Gasteiger partial charge in [0.15, 0.2) is 0 Å². The lowest BCUT2D eigenvalue weighted by Crippen LogP contribution is -2.42. The fourth-order valence-corrected chi connectivity index (χ4v) is 3.42. The standard InChI is InChI=1S/C13H20N2OS.ClH/c14-12-3-1-2-11(8-12)9-15-5-7-17-10-13(15)4-6-16;/h1-3,8,13,16H,4-7,9-10,14H2;1H. The van der Waals surface area contributed by atoms with E-state index in [9.17, 15) is 0 Å². The van der Waals surface area contributed by atoms with E-state index in [-0.39, 0.29) is 19.0 Å². The Kier molecular flexibility index (Phi) is 6.86. The first-order valence-electron chi connectivity index (χ1n) is 6.06. The van der Waals surface area contributed by atoms with Gasteiger partial charge in [-0.25, -0.2) is 0 Å². The average Bonchev–Trinajstić information content (AvgIpc) is 2.32. The first kappa shape index (κ1) is 15.6. The van der Waals surface area contributed by atoms with Gasteiger partial charge in [-0.3, -0.25) is 4.90 Å². The zero-order valence-corrected chi connectivity index (χ0v) is 12.1. The zero-order chi connectivity index (χ0) is 12.1. The fraction of sp³-hybridized carbons (Fsp3) is 0.538. The van der Waals surface area contributed by atoms with Gasteiger partial charge in [0.1, 0.15) is 0 Å². The third-order valence-corrected chi connectivity index (χ3v) is 4.24. The van der Waals surface area contributed by atoms with Crippen LogP contribution in [0.5, 0.6) is 0 Å². The normalized spacial score (nSPS) is 20.4. The van der Waals surface area contributed by atoms with Crippen LogP contribution in [-0.2, 0) is 6.54 Å². The fourth-order valence-electron chi connectivity index (χ4n) is 2.24. The molecule has 2 rings (SSSR count). The van der Waals surface area contributed by atoms with Crippen LogP contribution in [0.3, 0.4) is 0 Å². The molecule has 3 nitrogen and oxygen atoms in total. The SMILES string of the molecule is Cl.Nc1cccc(CN2CCSCC2CCO)c1. The highest BCUT2D eigenvalue weighted by atomic mass is 35.5. The molecule has 1 fully saturated rings. The summed E-state index contributed by atoms with van der Waals surface area (Å²) in [5, 5.41) is 9.09. The zero-order valence-electron chi connectivity index (χ0n) is 10.4. The number of nitrogens with two attached hydrogens (primary N) is 1. The Morgan fingerprint density at radius 1 is 1.44 bits per heavy atom. The number of anilines is 1. The molecule has 0 aromatic heterocycles. The smallest absolute Gasteiger partial charge is 0.0446 e. The summed E-state index contributed by atoms with van der Waals surface area (Å²) in [7, 11) is 0. The van der Waals surface area contributed by atoms with Crippen LogP contribution in [0.2, 0.25) is 0 Å². The van der Waals surface area contributed by atoms with Gasteiger partial charge in [0.2, 0.25) is 0 Å². The van der Waals surface area contributed by atoms with Crippen LogP contribution < -0.4 is 5.73 Å². The van der Waals surface area contributed by atoms with Crippen LogP contribution >= 0.6 is 24.2 Å². The number of hydrogen-bond acceptors (Lipinski definition) is 4. The Morgan fingerprint density at radius 2 is 2.28 bits per heavy atom. The van der Waals surface area contributed by atoms with Crippen molar-refractivity contribution >= 4 is 29.9 Å². The van der Waals surface area contributed by atoms with E-state index >= 15 is 0 Å². The number of benzene rings is 1. The maximum absolute atomic E-state index is 9.09. The number of halogens is 1. The molecule has 1 aliphatic rings. The van der Waals surface area contributed by atoms with E-state index in [1.54, 1.807) is 0 Å². The Morgan fingerprint density at radius 3 is 3.00 bits per heavy atom. The molecule has 1 saturated heterocycles. The number of nitrogen functional groups attached to an aromatic ring is 1. The minimum Gasteiger partial charge on any atom is -0.399 e. The van der Waals surface area contributed by atoms with Crippen LogP contribution in [0.4, 0.5) is 5.69 Å². The molecule has 5 heteroatoms. The topological polar surface area (TPSA) is 49.5 Å². The lowest BCUT2D eigenvalue weighted by molar-refractivity contribution is 0.167. The van der Waals surface area contributed by atoms with Crippen molar-refractivity contribution in [2.24, 2.45) is 0 Å². The van der Waals surface area contributed by atoms with E-state index < -0.39 is 0 Å². The molecular weight excluding hydrogens is 268 g/mol. The highest BCUT2D eigenvalue weighted by molar-refractivity contribution is 7.99. The van der Waals surface area contributed by atoms with E-state index in [0.717, 1.165) is 31.0 Å². The third-order valence-electron chi connectivity index (χ3n) is 3.15. The van der Waals surface area contributed by atoms with Gasteiger partial charge < -0.3 is 10.8 Å². The van der Waals surface area contributed by atoms with Crippen LogP contribution in [0.15, 0.2) is 24.3 Å². The Balaban J connectivity index is 0.00000162. The average molecular weight is 289 g/mol. The first-order valence-corrected chi connectivity index (χ1v) is 7.22. The Labute approximate surface area is 119 Å². The molecule has 102 valence electrons. The molecule has 0 amide bonds. The maximum atomic E-state index is 9.09. The van der Waals surface area contributed by atoms with E-state index in [0.29, 0.717) is 6.04 Å². The van der Waals surface area contributed by atoms with Gasteiger partial charge in [-0.1, -0.05) is 12.1 Å². The summed E-state index contributed by atoms with van der Waals surface area (Å²) < 4.78 is 0. The van der Waals surface area contributed by atoms with Crippen LogP contribution in [0, 0.1) is 0 Å². The molecule has 0 bridgehead atoms. The van der Waals surface area contributed by atoms with E-state index in [2.05, 4.69) is 11.0 Å². The summed E-state index contributed by atoms with van der Waals surface area (Å²) in [6.07, 6.45) is 0.870. The second-order valence-electron chi connectivity index (χ2n) is 4.46. The molecule has 18 heavy (non-hydrogen) atoms. The molecule has 1 unspecified atom stereocenters. The van der Waals surface area contributed by atoms with Gasteiger partial charge in [-0.15, -0.1) is 12.4 Å². The van der Waals surface area contributed by atoms with Crippen LogP contribution in [0.25, 0.3) is 0 Å². The number of aliphatic hydroxyl groups excluding tert-OH is 1. The number of rotatable bonds is 4. The molecule has 1 heterocycles. The van der Waals surface area contributed by atoms with E-state index in [1.165, 1.54) is 11.3 Å². The summed E-state index contributed by atoms with van der Waals surface area (Å²) in [4.78, 5) is 2.46. The van der Waals surface area contributed by atoms with Gasteiger partial charge in [-0.05, 0) is 24.1 Å². The summed E-state index contributed by atoms with van der Waals surface area (Å²) >= 11 is 1.98. The van der Waals surface area contributed by atoms with Gasteiger partial charge in [0, 0.05) is 42.9 Å². The van der Waals surface area contributed by atoms with Crippen LogP contribution in [-0.4, -0.2) is 40.7 Å². The molecule has 3 N–H and O–H groups in total. The van der Waals surface area contributed by atoms with Gasteiger partial charge in [0.25, 0.3) is 0 Å². The minimum atomic E-state index is 0. The summed E-state index contributed by atoms with van der Waals surface area (Å²) in [6.45, 7) is 2.32. The lowest BCUT2D eigenvalue weighted by Gasteiger charge is -2.35. The van der Waals surface area contributed by atoms with Crippen molar-refractivity contribution in [1.29, 1.82) is 0 Å². The van der Waals surface area contributed by atoms with Gasteiger partial charge in [-0.2, -0.15) is 11.8 Å². The van der Waals surface area contributed by atoms with Crippen molar-refractivity contribution < 1.29 is 5.11 Å². The predicted molar refractivity (Wildman–Crippen MR) is 81.3 cm³/mol. The Hall–Kier alpha value is -0.420. The second-order valence-corrected chi connectivity index (χ2v) is 5.61. The van der Waals surface area contributed by atoms with Crippen LogP contribution in [0.1, 0.15) is 12.0 Å². The maximum Gasteiger partial charge on any atom is 0.0446 e. The van der Waals surface area contributed by atoms with Crippen molar-refractivity contribution in [1.82, 2.24) is 4.90 Å². The Bertz CT molecular complexity index is 363. The van der Waals surface area contributed by atoms with E-state index in [4.69, 9.17) is 10.8 Å². The molecule has 0 spiro atoms. The summed E-state index contributed by atoms with van der Waals surface area (Å²) in [5.41, 5.74) is 7.88. The first-order chi connectivity index (χ1) is 8.29. The highest BCUT2D eigenvalue weighted by Crippen LogP contribution is 2.21. The van der Waals surface area contributed by atoms with Crippen molar-refractivity contribution in [3.05, 3.63) is 29.8 Å². The quantitative estimate of drug-likeness (QED) is 0.832. The van der Waals surface area contributed by atoms with Crippen molar-refractivity contribution in [2.45, 2.75) is 19.0 Å². The van der Waals surface area contributed by atoms with Crippen molar-refractivity contribution in [2.75, 3.05) is 30.4 Å². The molecule has 0 aliphatic carbocycles. The molecule has 0 saturated carbocycles. The molecule has 1 aliphatic heterocycles. The molecule has 1 atom stereocenters. The summed E-state index contributed by atoms with van der Waals surface area (Å²) in [5.74, 6) is 2.31. The third kappa shape index (κ3) is 4.35. The summed E-state index contributed by atoms with van der Waals surface area (Å²) in [6, 6.07) is 8.58. The molecular formula is C13H21ClN2OS. The number of hydrogen-bond donors (Lipinski definition) is 2. The largest absolute Gasteiger partial charge is 0.399 e. The van der Waals surface area contributed by atoms with E-state index in [1.807, 2.05) is 30.0 Å². The second kappa shape index (κ2) is 7.89. The minimum absolute atomic E-state index is 0. The molecule has 0 radical (unpaired) electrons. The van der Waals surface area contributed by atoms with Crippen molar-refractivity contribution in [3.63, 3.8) is 0 Å². The monoisotopic (exact) mass is 288 g/mol. The number of aliphatic hydroxyl groups is 1. The van der Waals surface area contributed by atoms with Gasteiger partial charge in [0.05, 0.1) is 0 Å². The lowest BCUT2D eigenvalue weighted by atomic mass is 10.1. The molecule has 1 aromatic carbocycles. The predicted octanol–water partition coefficient (Wildman–Crippen LogP) is 1.99. The molecule has 1 aromatic rings. The highest BCUT2D eigenvalue weighted by Gasteiger charge is 2.22. The van der Waals surface area contributed by atoms with Crippen molar-refractivity contribution in [3.8, 4) is 0 Å². The number of thioether (sulfide) groups is 1. The number of nitrogens with zero attached hydrogens (tertiary/aromatic N) is 1.